The van der Waals surface area contributed by atoms with E-state index in [1.807, 2.05) is 40.8 Å². The smallest absolute Gasteiger partial charge is 0.270 e. The summed E-state index contributed by atoms with van der Waals surface area (Å²) in [5, 5.41) is 16.1. The van der Waals surface area contributed by atoms with Gasteiger partial charge in [0.2, 0.25) is 0 Å². The highest BCUT2D eigenvalue weighted by molar-refractivity contribution is 7.07. The number of aliphatic hydroxyl groups is 1. The molecule has 1 fully saturated rings. The van der Waals surface area contributed by atoms with Gasteiger partial charge >= 0.3 is 0 Å². The van der Waals surface area contributed by atoms with Crippen molar-refractivity contribution < 1.29 is 14.6 Å². The van der Waals surface area contributed by atoms with Crippen LogP contribution in [0.1, 0.15) is 28.0 Å². The van der Waals surface area contributed by atoms with Gasteiger partial charge in [-0.05, 0) is 36.1 Å². The van der Waals surface area contributed by atoms with E-state index in [2.05, 4.69) is 39.6 Å². The van der Waals surface area contributed by atoms with E-state index in [9.17, 15) is 9.90 Å². The van der Waals surface area contributed by atoms with Crippen molar-refractivity contribution in [1.82, 2.24) is 19.9 Å². The van der Waals surface area contributed by atoms with Gasteiger partial charge in [-0.15, -0.1) is 11.3 Å². The summed E-state index contributed by atoms with van der Waals surface area (Å²) in [6.45, 7) is 0.756. The molecule has 1 aromatic carbocycles. The van der Waals surface area contributed by atoms with Crippen LogP contribution >= 0.6 is 11.3 Å². The Morgan fingerprint density at radius 1 is 1.31 bits per heavy atom. The van der Waals surface area contributed by atoms with E-state index in [0.717, 1.165) is 33.4 Å². The predicted molar refractivity (Wildman–Crippen MR) is 124 cm³/mol. The van der Waals surface area contributed by atoms with E-state index < -0.39 is 6.10 Å². The van der Waals surface area contributed by atoms with Gasteiger partial charge in [0.1, 0.15) is 11.3 Å². The van der Waals surface area contributed by atoms with E-state index in [1.54, 1.807) is 11.3 Å². The fraction of sp³-hybridized carbons (Fsp3) is 0.292. The van der Waals surface area contributed by atoms with Crippen molar-refractivity contribution >= 4 is 28.3 Å². The lowest BCUT2D eigenvalue weighted by Gasteiger charge is -2.28. The van der Waals surface area contributed by atoms with Crippen LogP contribution in [0, 0.1) is 0 Å². The van der Waals surface area contributed by atoms with E-state index in [-0.39, 0.29) is 18.6 Å². The second kappa shape index (κ2) is 8.82. The van der Waals surface area contributed by atoms with Crippen molar-refractivity contribution in [2.24, 2.45) is 7.05 Å². The molecule has 4 aromatic rings. The molecule has 0 bridgehead atoms. The average molecular weight is 449 g/mol. The number of nitrogens with zero attached hydrogens (tertiary/aromatic N) is 3. The third-order valence-corrected chi connectivity index (χ3v) is 6.46. The quantitative estimate of drug-likeness (QED) is 0.490. The number of nitrogens with one attached hydrogen (secondary N) is 1. The Hall–Kier alpha value is -3.07. The first-order valence-electron chi connectivity index (χ1n) is 10.6. The Morgan fingerprint density at radius 3 is 2.91 bits per heavy atom. The molecular weight excluding hydrogens is 424 g/mol. The van der Waals surface area contributed by atoms with Crippen molar-refractivity contribution in [3.05, 3.63) is 70.3 Å². The summed E-state index contributed by atoms with van der Waals surface area (Å²) in [7, 11) is 1.92. The molecule has 2 N–H and O–H groups in total. The summed E-state index contributed by atoms with van der Waals surface area (Å²) in [5.74, 6) is -0.279. The lowest BCUT2D eigenvalue weighted by molar-refractivity contribution is -0.0261. The van der Waals surface area contributed by atoms with Crippen LogP contribution in [0.25, 0.3) is 22.3 Å². The Morgan fingerprint density at radius 2 is 2.16 bits per heavy atom. The highest BCUT2D eigenvalue weighted by Gasteiger charge is 2.26. The molecule has 8 heteroatoms. The normalized spacial score (nSPS) is 18.7. The maximum absolute atomic E-state index is 13.0. The number of thiazole rings is 1. The fourth-order valence-electron chi connectivity index (χ4n) is 4.06. The molecule has 5 rings (SSSR count). The van der Waals surface area contributed by atoms with Gasteiger partial charge in [-0.25, -0.2) is 9.97 Å². The number of hydrogen-bond acceptors (Lipinski definition) is 6. The van der Waals surface area contributed by atoms with Gasteiger partial charge in [-0.3, -0.25) is 4.79 Å². The second-order valence-electron chi connectivity index (χ2n) is 8.09. The monoisotopic (exact) mass is 448 g/mol. The molecule has 164 valence electrons. The minimum atomic E-state index is -0.706. The van der Waals surface area contributed by atoms with Crippen molar-refractivity contribution in [3.63, 3.8) is 0 Å². The predicted octanol–water partition coefficient (Wildman–Crippen LogP) is 3.17. The summed E-state index contributed by atoms with van der Waals surface area (Å²) >= 11 is 1.58. The number of aromatic nitrogens is 3. The molecule has 32 heavy (non-hydrogen) atoms. The fourth-order valence-corrected chi connectivity index (χ4v) is 4.63. The Balaban J connectivity index is 1.43. The standard InChI is InChI=1S/C24H24N4O3S/c1-28-8-6-18-17(10-15-2-4-16(5-3-15)21-13-32-14-25-21)11-20(26-23(18)28)24(30)27-19-7-9-31-12-22(19)29/h2-6,8,11,13-14,19,22,29H,7,9-10,12H2,1H3,(H,27,30)/t19-,22-/m1/s1. The third kappa shape index (κ3) is 4.17. The summed E-state index contributed by atoms with van der Waals surface area (Å²) in [6, 6.07) is 11.9. The number of pyridine rings is 1. The van der Waals surface area contributed by atoms with Crippen LogP contribution in [-0.2, 0) is 18.2 Å². The first-order valence-corrected chi connectivity index (χ1v) is 11.5. The lowest BCUT2D eigenvalue weighted by Crippen LogP contribution is -2.48. The molecule has 1 saturated heterocycles. The largest absolute Gasteiger partial charge is 0.389 e. The molecule has 3 aromatic heterocycles. The van der Waals surface area contributed by atoms with E-state index in [0.29, 0.717) is 25.1 Å². The van der Waals surface area contributed by atoms with Crippen LogP contribution in [0.5, 0.6) is 0 Å². The SMILES string of the molecule is Cn1ccc2c(Cc3ccc(-c4cscn4)cc3)cc(C(=O)N[C@@H]3CCOC[C@H]3O)nc21. The van der Waals surface area contributed by atoms with E-state index in [4.69, 9.17) is 4.74 Å². The molecule has 4 heterocycles. The zero-order valence-corrected chi connectivity index (χ0v) is 18.5. The van der Waals surface area contributed by atoms with E-state index in [1.165, 1.54) is 0 Å². The number of rotatable bonds is 5. The highest BCUT2D eigenvalue weighted by Crippen LogP contribution is 2.25. The van der Waals surface area contributed by atoms with Gasteiger partial charge in [0.25, 0.3) is 5.91 Å². The van der Waals surface area contributed by atoms with Gasteiger partial charge in [-0.2, -0.15) is 0 Å². The lowest BCUT2D eigenvalue weighted by atomic mass is 10.00. The molecule has 1 amide bonds. The molecule has 0 saturated carbocycles. The van der Waals surface area contributed by atoms with Crippen LogP contribution < -0.4 is 5.32 Å². The number of fused-ring (bicyclic) bond motifs is 1. The van der Waals surface area contributed by atoms with Crippen LogP contribution in [0.15, 0.2) is 53.5 Å². The Kier molecular flexibility index (Phi) is 5.73. The van der Waals surface area contributed by atoms with Gasteiger partial charge in [-0.1, -0.05) is 24.3 Å². The molecule has 2 atom stereocenters. The first-order chi connectivity index (χ1) is 15.6. The minimum absolute atomic E-state index is 0.233. The minimum Gasteiger partial charge on any atom is -0.389 e. The molecule has 0 unspecified atom stereocenters. The number of carbonyl (C=O) groups excluding carboxylic acids is 1. The van der Waals surface area contributed by atoms with Crippen molar-refractivity contribution in [2.75, 3.05) is 13.2 Å². The van der Waals surface area contributed by atoms with Crippen molar-refractivity contribution in [2.45, 2.75) is 25.0 Å². The van der Waals surface area contributed by atoms with Crippen molar-refractivity contribution in [3.8, 4) is 11.3 Å². The Labute approximate surface area is 189 Å². The zero-order valence-electron chi connectivity index (χ0n) is 17.7. The molecule has 0 radical (unpaired) electrons. The first kappa shape index (κ1) is 20.8. The number of aliphatic hydroxyl groups excluding tert-OH is 1. The topological polar surface area (TPSA) is 89.3 Å². The van der Waals surface area contributed by atoms with Crippen molar-refractivity contribution in [1.29, 1.82) is 0 Å². The van der Waals surface area contributed by atoms with E-state index >= 15 is 0 Å². The number of ether oxygens (including phenoxy) is 1. The average Bonchev–Trinajstić information content (AvgIpc) is 3.47. The molecule has 7 nitrogen and oxygen atoms in total. The maximum atomic E-state index is 13.0. The summed E-state index contributed by atoms with van der Waals surface area (Å²) < 4.78 is 7.18. The number of amides is 1. The molecular formula is C24H24N4O3S. The van der Waals surface area contributed by atoms with Crippen LogP contribution in [-0.4, -0.2) is 50.9 Å². The van der Waals surface area contributed by atoms with Gasteiger partial charge in [0, 0.05) is 36.2 Å². The molecule has 0 aliphatic carbocycles. The number of benzene rings is 1. The van der Waals surface area contributed by atoms with Gasteiger partial charge in [0.05, 0.1) is 30.0 Å². The zero-order chi connectivity index (χ0) is 22.1. The number of carbonyl (C=O) groups is 1. The van der Waals surface area contributed by atoms with Crippen LogP contribution in [0.2, 0.25) is 0 Å². The molecule has 0 spiro atoms. The van der Waals surface area contributed by atoms with Gasteiger partial charge in [0.15, 0.2) is 0 Å². The second-order valence-corrected chi connectivity index (χ2v) is 8.81. The molecule has 1 aliphatic heterocycles. The summed E-state index contributed by atoms with van der Waals surface area (Å²) in [4.78, 5) is 21.9. The highest BCUT2D eigenvalue weighted by atomic mass is 32.1. The third-order valence-electron chi connectivity index (χ3n) is 5.88. The Bertz CT molecular complexity index is 1230. The summed E-state index contributed by atoms with van der Waals surface area (Å²) in [6.07, 6.45) is 2.51. The number of aryl methyl sites for hydroxylation is 1. The number of hydrogen-bond donors (Lipinski definition) is 2. The maximum Gasteiger partial charge on any atom is 0.270 e. The van der Waals surface area contributed by atoms with Gasteiger partial charge < -0.3 is 19.7 Å². The van der Waals surface area contributed by atoms with Crippen LogP contribution in [0.4, 0.5) is 0 Å². The van der Waals surface area contributed by atoms with Crippen LogP contribution in [0.3, 0.4) is 0 Å². The molecule has 1 aliphatic rings. The summed E-state index contributed by atoms with van der Waals surface area (Å²) in [5.41, 5.74) is 7.19.